The molecule has 0 aliphatic rings. The Labute approximate surface area is 72.0 Å². The quantitative estimate of drug-likeness (QED) is 0.594. The Morgan fingerprint density at radius 1 is 1.45 bits per heavy atom. The second-order valence-electron chi connectivity index (χ2n) is 2.14. The van der Waals surface area contributed by atoms with Gasteiger partial charge in [-0.25, -0.2) is 0 Å². The predicted octanol–water partition coefficient (Wildman–Crippen LogP) is 0.402. The van der Waals surface area contributed by atoms with Gasteiger partial charge < -0.3 is 5.32 Å². The van der Waals surface area contributed by atoms with E-state index in [1.165, 1.54) is 0 Å². The number of hydrogen-bond donors (Lipinski definition) is 2. The van der Waals surface area contributed by atoms with E-state index in [0.717, 1.165) is 0 Å². The summed E-state index contributed by atoms with van der Waals surface area (Å²) in [5.74, 6) is 0.464. The molecule has 0 saturated heterocycles. The van der Waals surface area contributed by atoms with Crippen molar-refractivity contribution in [3.05, 3.63) is 0 Å². The zero-order chi connectivity index (χ0) is 8.69. The van der Waals surface area contributed by atoms with Crippen molar-refractivity contribution in [2.75, 3.05) is 12.3 Å². The topological polar surface area (TPSA) is 46.2 Å². The molecular formula is C7H13NO2S. The van der Waals surface area contributed by atoms with Gasteiger partial charge in [-0.2, -0.15) is 12.6 Å². The molecule has 0 bridgehead atoms. The number of rotatable bonds is 5. The highest BCUT2D eigenvalue weighted by Gasteiger charge is 2.01. The lowest BCUT2D eigenvalue weighted by atomic mass is 10.3. The average Bonchev–Trinajstić information content (AvgIpc) is 2.01. The molecule has 0 aliphatic heterocycles. The van der Waals surface area contributed by atoms with E-state index in [-0.39, 0.29) is 18.2 Å². The van der Waals surface area contributed by atoms with Gasteiger partial charge in [-0.15, -0.1) is 0 Å². The zero-order valence-corrected chi connectivity index (χ0v) is 7.49. The molecule has 1 N–H and O–H groups in total. The van der Waals surface area contributed by atoms with Crippen molar-refractivity contribution in [1.82, 2.24) is 5.32 Å². The Hall–Kier alpha value is -0.510. The number of carbonyl (C=O) groups excluding carboxylic acids is 2. The van der Waals surface area contributed by atoms with E-state index in [0.29, 0.717) is 18.6 Å². The molecule has 0 aromatic carbocycles. The van der Waals surface area contributed by atoms with Crippen LogP contribution in [0, 0.1) is 0 Å². The first-order valence-corrected chi connectivity index (χ1v) is 4.23. The van der Waals surface area contributed by atoms with Gasteiger partial charge in [-0.3, -0.25) is 9.59 Å². The normalized spacial score (nSPS) is 9.27. The number of thiol groups is 1. The lowest BCUT2D eigenvalue weighted by Crippen LogP contribution is -2.29. The second-order valence-corrected chi connectivity index (χ2v) is 2.59. The van der Waals surface area contributed by atoms with Crippen LogP contribution in [0.5, 0.6) is 0 Å². The first kappa shape index (κ1) is 10.5. The summed E-state index contributed by atoms with van der Waals surface area (Å²) < 4.78 is 0. The minimum absolute atomic E-state index is 0.0533. The maximum absolute atomic E-state index is 10.8. The van der Waals surface area contributed by atoms with E-state index in [9.17, 15) is 9.59 Å². The Morgan fingerprint density at radius 2 is 2.09 bits per heavy atom. The molecule has 0 rings (SSSR count). The molecule has 0 fully saturated rings. The highest BCUT2D eigenvalue weighted by Crippen LogP contribution is 1.84. The Balaban J connectivity index is 3.38. The minimum atomic E-state index is -0.109. The van der Waals surface area contributed by atoms with Gasteiger partial charge in [0, 0.05) is 12.8 Å². The fourth-order valence-electron chi connectivity index (χ4n) is 0.512. The van der Waals surface area contributed by atoms with Crippen LogP contribution < -0.4 is 5.32 Å². The van der Waals surface area contributed by atoms with Gasteiger partial charge in [0.1, 0.15) is 0 Å². The van der Waals surface area contributed by atoms with Crippen LogP contribution in [-0.2, 0) is 9.59 Å². The summed E-state index contributed by atoms with van der Waals surface area (Å²) >= 11 is 3.88. The SMILES string of the molecule is CCC(=O)CNC(=O)CCS. The smallest absolute Gasteiger partial charge is 0.221 e. The van der Waals surface area contributed by atoms with Crippen molar-refractivity contribution in [1.29, 1.82) is 0 Å². The third kappa shape index (κ3) is 5.91. The van der Waals surface area contributed by atoms with Crippen LogP contribution in [0.2, 0.25) is 0 Å². The molecule has 0 unspecified atom stereocenters. The molecular weight excluding hydrogens is 162 g/mol. The maximum Gasteiger partial charge on any atom is 0.221 e. The van der Waals surface area contributed by atoms with Crippen LogP contribution in [0.1, 0.15) is 19.8 Å². The van der Waals surface area contributed by atoms with Crippen LogP contribution in [0.3, 0.4) is 0 Å². The molecule has 1 amide bonds. The van der Waals surface area contributed by atoms with E-state index in [1.54, 1.807) is 6.92 Å². The summed E-state index contributed by atoms with van der Waals surface area (Å²) in [5.41, 5.74) is 0. The van der Waals surface area contributed by atoms with Crippen molar-refractivity contribution in [2.24, 2.45) is 0 Å². The average molecular weight is 175 g/mol. The van der Waals surface area contributed by atoms with E-state index in [1.807, 2.05) is 0 Å². The van der Waals surface area contributed by atoms with E-state index < -0.39 is 0 Å². The Morgan fingerprint density at radius 3 is 2.55 bits per heavy atom. The summed E-state index contributed by atoms with van der Waals surface area (Å²) in [7, 11) is 0. The summed E-state index contributed by atoms with van der Waals surface area (Å²) in [5, 5.41) is 2.50. The summed E-state index contributed by atoms with van der Waals surface area (Å²) in [6.45, 7) is 1.93. The number of carbonyl (C=O) groups is 2. The first-order valence-electron chi connectivity index (χ1n) is 3.60. The van der Waals surface area contributed by atoms with Crippen LogP contribution >= 0.6 is 12.6 Å². The molecule has 0 spiro atoms. The van der Waals surface area contributed by atoms with Crippen LogP contribution in [0.15, 0.2) is 0 Å². The predicted molar refractivity (Wildman–Crippen MR) is 46.8 cm³/mol. The Kier molecular flexibility index (Phi) is 5.93. The molecule has 0 saturated carbocycles. The summed E-state index contributed by atoms with van der Waals surface area (Å²) in [4.78, 5) is 21.4. The molecule has 0 radical (unpaired) electrons. The van der Waals surface area contributed by atoms with Gasteiger partial charge in [0.25, 0.3) is 0 Å². The number of amides is 1. The summed E-state index contributed by atoms with van der Waals surface area (Å²) in [6.07, 6.45) is 0.848. The molecule has 0 aromatic heterocycles. The van der Waals surface area contributed by atoms with Gasteiger partial charge in [-0.05, 0) is 5.75 Å². The van der Waals surface area contributed by atoms with E-state index in [2.05, 4.69) is 17.9 Å². The molecule has 64 valence electrons. The summed E-state index contributed by atoms with van der Waals surface area (Å²) in [6, 6.07) is 0. The van der Waals surface area contributed by atoms with Crippen LogP contribution in [-0.4, -0.2) is 24.0 Å². The van der Waals surface area contributed by atoms with Gasteiger partial charge >= 0.3 is 0 Å². The van der Waals surface area contributed by atoms with E-state index in [4.69, 9.17) is 0 Å². The van der Waals surface area contributed by atoms with E-state index >= 15 is 0 Å². The van der Waals surface area contributed by atoms with Gasteiger partial charge in [0.15, 0.2) is 5.78 Å². The molecule has 0 heterocycles. The van der Waals surface area contributed by atoms with Gasteiger partial charge in [0.2, 0.25) is 5.91 Å². The molecule has 0 aromatic rings. The van der Waals surface area contributed by atoms with Crippen molar-refractivity contribution in [3.8, 4) is 0 Å². The lowest BCUT2D eigenvalue weighted by Gasteiger charge is -2.00. The number of Topliss-reactive ketones (excluding diaryl/α,β-unsaturated/α-hetero) is 1. The number of ketones is 1. The maximum atomic E-state index is 10.8. The lowest BCUT2D eigenvalue weighted by molar-refractivity contribution is -0.124. The minimum Gasteiger partial charge on any atom is -0.349 e. The van der Waals surface area contributed by atoms with Crippen molar-refractivity contribution < 1.29 is 9.59 Å². The second kappa shape index (κ2) is 6.22. The first-order chi connectivity index (χ1) is 5.20. The fraction of sp³-hybridized carbons (Fsp3) is 0.714. The number of nitrogens with one attached hydrogen (secondary N) is 1. The Bertz CT molecular complexity index is 147. The molecule has 0 aliphatic carbocycles. The third-order valence-electron chi connectivity index (χ3n) is 1.22. The molecule has 3 nitrogen and oxygen atoms in total. The van der Waals surface area contributed by atoms with Crippen LogP contribution in [0.25, 0.3) is 0 Å². The van der Waals surface area contributed by atoms with Gasteiger partial charge in [0.05, 0.1) is 6.54 Å². The van der Waals surface area contributed by atoms with Gasteiger partial charge in [-0.1, -0.05) is 6.92 Å². The number of hydrogen-bond acceptors (Lipinski definition) is 3. The standard InChI is InChI=1S/C7H13NO2S/c1-2-6(9)5-8-7(10)3-4-11/h11H,2-5H2,1H3,(H,8,10). The monoisotopic (exact) mass is 175 g/mol. The van der Waals surface area contributed by atoms with Crippen molar-refractivity contribution in [3.63, 3.8) is 0 Å². The largest absolute Gasteiger partial charge is 0.349 e. The molecule has 4 heteroatoms. The molecule has 0 atom stereocenters. The highest BCUT2D eigenvalue weighted by atomic mass is 32.1. The molecule has 11 heavy (non-hydrogen) atoms. The third-order valence-corrected chi connectivity index (χ3v) is 1.44. The van der Waals surface area contributed by atoms with Crippen LogP contribution in [0.4, 0.5) is 0 Å². The fourth-order valence-corrected chi connectivity index (χ4v) is 0.715. The highest BCUT2D eigenvalue weighted by molar-refractivity contribution is 7.80. The van der Waals surface area contributed by atoms with Crippen molar-refractivity contribution >= 4 is 24.3 Å². The zero-order valence-electron chi connectivity index (χ0n) is 6.59. The van der Waals surface area contributed by atoms with Crippen molar-refractivity contribution in [2.45, 2.75) is 19.8 Å².